The quantitative estimate of drug-likeness (QED) is 0.808. The molecule has 3 heteroatoms. The zero-order chi connectivity index (χ0) is 13.5. The Labute approximate surface area is 111 Å². The molecule has 0 aliphatic carbocycles. The summed E-state index contributed by atoms with van der Waals surface area (Å²) in [6.45, 7) is 9.24. The van der Waals surface area contributed by atoms with Gasteiger partial charge in [-0.25, -0.2) is 0 Å². The summed E-state index contributed by atoms with van der Waals surface area (Å²) >= 11 is 0. The third kappa shape index (κ3) is 3.47. The first-order chi connectivity index (χ1) is 8.67. The molecule has 0 radical (unpaired) electrons. The number of rotatable bonds is 7. The monoisotopic (exact) mass is 250 g/mol. The maximum atomic E-state index is 5.96. The lowest BCUT2D eigenvalue weighted by Gasteiger charge is -2.30. The van der Waals surface area contributed by atoms with Crippen molar-refractivity contribution in [3.63, 3.8) is 0 Å². The third-order valence-corrected chi connectivity index (χ3v) is 3.38. The van der Waals surface area contributed by atoms with Crippen LogP contribution in [0, 0.1) is 6.92 Å². The van der Waals surface area contributed by atoms with Crippen LogP contribution in [0.5, 0.6) is 5.75 Å². The van der Waals surface area contributed by atoms with Crippen LogP contribution in [-0.2, 0) is 0 Å². The maximum absolute atomic E-state index is 5.96. The number of aryl methyl sites for hydroxylation is 1. The summed E-state index contributed by atoms with van der Waals surface area (Å²) in [7, 11) is 1.71. The van der Waals surface area contributed by atoms with E-state index in [2.05, 4.69) is 37.8 Å². The van der Waals surface area contributed by atoms with Crippen molar-refractivity contribution in [3.05, 3.63) is 29.3 Å². The molecular formula is C15H26N2O. The summed E-state index contributed by atoms with van der Waals surface area (Å²) in [5, 5.41) is 0. The van der Waals surface area contributed by atoms with Crippen LogP contribution in [0.15, 0.2) is 18.2 Å². The van der Waals surface area contributed by atoms with E-state index in [1.165, 1.54) is 11.1 Å². The van der Waals surface area contributed by atoms with Crippen LogP contribution in [0.3, 0.4) is 0 Å². The van der Waals surface area contributed by atoms with Gasteiger partial charge in [0, 0.05) is 12.6 Å². The Kier molecular flexibility index (Phi) is 6.16. The van der Waals surface area contributed by atoms with Crippen molar-refractivity contribution in [1.29, 1.82) is 0 Å². The fourth-order valence-electron chi connectivity index (χ4n) is 2.43. The van der Waals surface area contributed by atoms with Gasteiger partial charge in [-0.2, -0.15) is 0 Å². The van der Waals surface area contributed by atoms with Gasteiger partial charge in [-0.05, 0) is 43.6 Å². The first-order valence-corrected chi connectivity index (χ1v) is 6.76. The van der Waals surface area contributed by atoms with Crippen LogP contribution in [-0.4, -0.2) is 31.6 Å². The van der Waals surface area contributed by atoms with Crippen LogP contribution in [0.1, 0.15) is 37.4 Å². The van der Waals surface area contributed by atoms with E-state index in [-0.39, 0.29) is 0 Å². The molecule has 0 spiro atoms. The van der Waals surface area contributed by atoms with Crippen LogP contribution < -0.4 is 10.5 Å². The second kappa shape index (κ2) is 7.39. The summed E-state index contributed by atoms with van der Waals surface area (Å²) in [5.41, 5.74) is 8.41. The number of methoxy groups -OCH3 is 1. The van der Waals surface area contributed by atoms with Crippen molar-refractivity contribution in [2.24, 2.45) is 5.73 Å². The van der Waals surface area contributed by atoms with Gasteiger partial charge in [0.1, 0.15) is 5.75 Å². The lowest BCUT2D eigenvalue weighted by atomic mass is 10.0. The molecule has 1 aromatic rings. The minimum absolute atomic E-state index is 0.305. The highest BCUT2D eigenvalue weighted by molar-refractivity contribution is 5.37. The predicted molar refractivity (Wildman–Crippen MR) is 77.1 cm³/mol. The number of benzene rings is 1. The van der Waals surface area contributed by atoms with Gasteiger partial charge in [0.05, 0.1) is 7.11 Å². The van der Waals surface area contributed by atoms with Crippen molar-refractivity contribution >= 4 is 0 Å². The molecule has 1 rings (SSSR count). The van der Waals surface area contributed by atoms with E-state index in [4.69, 9.17) is 10.5 Å². The van der Waals surface area contributed by atoms with E-state index in [0.29, 0.717) is 12.6 Å². The summed E-state index contributed by atoms with van der Waals surface area (Å²) in [4.78, 5) is 2.43. The lowest BCUT2D eigenvalue weighted by molar-refractivity contribution is 0.212. The fourth-order valence-corrected chi connectivity index (χ4v) is 2.43. The van der Waals surface area contributed by atoms with Gasteiger partial charge in [-0.15, -0.1) is 0 Å². The molecule has 18 heavy (non-hydrogen) atoms. The van der Waals surface area contributed by atoms with E-state index in [1.54, 1.807) is 7.11 Å². The van der Waals surface area contributed by atoms with Crippen molar-refractivity contribution in [1.82, 2.24) is 4.90 Å². The average Bonchev–Trinajstić information content (AvgIpc) is 2.38. The summed E-state index contributed by atoms with van der Waals surface area (Å²) in [6.07, 6.45) is 1.15. The Bertz CT molecular complexity index is 366. The zero-order valence-corrected chi connectivity index (χ0v) is 12.1. The van der Waals surface area contributed by atoms with E-state index < -0.39 is 0 Å². The minimum atomic E-state index is 0.305. The Hall–Kier alpha value is -1.06. The Balaban J connectivity index is 2.97. The molecule has 2 N–H and O–H groups in total. The molecule has 0 fully saturated rings. The highest BCUT2D eigenvalue weighted by Gasteiger charge is 2.17. The lowest BCUT2D eigenvalue weighted by Crippen LogP contribution is -2.34. The van der Waals surface area contributed by atoms with E-state index >= 15 is 0 Å². The average molecular weight is 250 g/mol. The number of likely N-dealkylation sites (N-methyl/N-ethyl adjacent to an activating group) is 1. The number of hydrogen-bond acceptors (Lipinski definition) is 3. The molecule has 0 heterocycles. The van der Waals surface area contributed by atoms with Gasteiger partial charge < -0.3 is 10.5 Å². The van der Waals surface area contributed by atoms with Gasteiger partial charge >= 0.3 is 0 Å². The highest BCUT2D eigenvalue weighted by Crippen LogP contribution is 2.25. The van der Waals surface area contributed by atoms with Crippen LogP contribution >= 0.6 is 0 Å². The van der Waals surface area contributed by atoms with Crippen LogP contribution in [0.4, 0.5) is 0 Å². The first-order valence-electron chi connectivity index (χ1n) is 6.76. The molecule has 0 saturated carbocycles. The predicted octanol–water partition coefficient (Wildman–Crippen LogP) is 2.74. The number of nitrogens with two attached hydrogens (primary N) is 1. The summed E-state index contributed by atoms with van der Waals surface area (Å²) < 4.78 is 5.30. The zero-order valence-electron chi connectivity index (χ0n) is 12.1. The smallest absolute Gasteiger partial charge is 0.121 e. The fraction of sp³-hybridized carbons (Fsp3) is 0.600. The van der Waals surface area contributed by atoms with Crippen molar-refractivity contribution in [2.75, 3.05) is 26.7 Å². The molecular weight excluding hydrogens is 224 g/mol. The largest absolute Gasteiger partial charge is 0.496 e. The highest BCUT2D eigenvalue weighted by atomic mass is 16.5. The Morgan fingerprint density at radius 1 is 1.33 bits per heavy atom. The minimum Gasteiger partial charge on any atom is -0.496 e. The third-order valence-electron chi connectivity index (χ3n) is 3.38. The van der Waals surface area contributed by atoms with E-state index in [1.807, 2.05) is 6.07 Å². The molecule has 0 saturated heterocycles. The second-order valence-electron chi connectivity index (χ2n) is 4.61. The number of hydrogen-bond donors (Lipinski definition) is 1. The van der Waals surface area contributed by atoms with Crippen LogP contribution in [0.25, 0.3) is 0 Å². The van der Waals surface area contributed by atoms with Gasteiger partial charge in [-0.1, -0.05) is 26.0 Å². The molecule has 1 aromatic carbocycles. The van der Waals surface area contributed by atoms with Gasteiger partial charge in [0.2, 0.25) is 0 Å². The molecule has 1 atom stereocenters. The van der Waals surface area contributed by atoms with E-state index in [0.717, 1.165) is 25.3 Å². The van der Waals surface area contributed by atoms with Gasteiger partial charge in [0.25, 0.3) is 0 Å². The molecule has 0 bridgehead atoms. The molecule has 3 nitrogen and oxygen atoms in total. The Morgan fingerprint density at radius 3 is 2.50 bits per heavy atom. The van der Waals surface area contributed by atoms with Gasteiger partial charge in [0.15, 0.2) is 0 Å². The Morgan fingerprint density at radius 2 is 2.06 bits per heavy atom. The molecule has 0 aliphatic rings. The normalized spacial score (nSPS) is 12.8. The molecule has 1 unspecified atom stereocenters. The summed E-state index contributed by atoms with van der Waals surface area (Å²) in [5.74, 6) is 0.938. The number of ether oxygens (including phenoxy) is 1. The van der Waals surface area contributed by atoms with Crippen LogP contribution in [0.2, 0.25) is 0 Å². The standard InChI is InChI=1S/C15H26N2O/c1-5-9-17(6-2)14(11-16)13-7-8-15(18-4)12(3)10-13/h7-8,10,14H,5-6,9,11,16H2,1-4H3. The SMILES string of the molecule is CCCN(CC)C(CN)c1ccc(OC)c(C)c1. The van der Waals surface area contributed by atoms with Crippen molar-refractivity contribution in [3.8, 4) is 5.75 Å². The molecule has 0 amide bonds. The van der Waals surface area contributed by atoms with E-state index in [9.17, 15) is 0 Å². The topological polar surface area (TPSA) is 38.5 Å². The first kappa shape index (κ1) is 15.0. The second-order valence-corrected chi connectivity index (χ2v) is 4.61. The summed E-state index contributed by atoms with van der Waals surface area (Å²) in [6, 6.07) is 6.66. The molecule has 102 valence electrons. The van der Waals surface area contributed by atoms with Crippen molar-refractivity contribution in [2.45, 2.75) is 33.2 Å². The van der Waals surface area contributed by atoms with Crippen molar-refractivity contribution < 1.29 is 4.74 Å². The molecule has 0 aromatic heterocycles. The van der Waals surface area contributed by atoms with Gasteiger partial charge in [-0.3, -0.25) is 4.90 Å². The number of nitrogens with zero attached hydrogens (tertiary/aromatic N) is 1. The maximum Gasteiger partial charge on any atom is 0.121 e. The molecule has 0 aliphatic heterocycles.